The Morgan fingerprint density at radius 2 is 2.28 bits per heavy atom. The monoisotopic (exact) mass is 243 g/mol. The molecule has 0 aliphatic carbocycles. The minimum absolute atomic E-state index is 0.552. The number of nitrogens with one attached hydrogen (secondary N) is 1. The van der Waals surface area contributed by atoms with Gasteiger partial charge in [0, 0.05) is 26.1 Å². The number of hydrogen-bond donors (Lipinski definition) is 1. The van der Waals surface area contributed by atoms with Gasteiger partial charge in [0.05, 0.1) is 5.56 Å². The van der Waals surface area contributed by atoms with Crippen LogP contribution in [0, 0.1) is 25.2 Å². The zero-order chi connectivity index (χ0) is 13.0. The Bertz CT molecular complexity index is 584. The molecular formula is C12H13N5O. The molecule has 0 spiro atoms. The highest BCUT2D eigenvalue weighted by Gasteiger charge is 2.07. The van der Waals surface area contributed by atoms with Gasteiger partial charge in [-0.1, -0.05) is 5.16 Å². The van der Waals surface area contributed by atoms with Gasteiger partial charge in [0.15, 0.2) is 5.82 Å². The summed E-state index contributed by atoms with van der Waals surface area (Å²) < 4.78 is 4.87. The largest absolute Gasteiger partial charge is 0.369 e. The quantitative estimate of drug-likeness (QED) is 0.877. The lowest BCUT2D eigenvalue weighted by atomic mass is 10.1. The molecule has 2 aromatic heterocycles. The third-order valence-electron chi connectivity index (χ3n) is 2.48. The maximum atomic E-state index is 9.05. The highest BCUT2D eigenvalue weighted by molar-refractivity contribution is 5.55. The summed E-state index contributed by atoms with van der Waals surface area (Å²) in [5.41, 5.74) is 1.48. The van der Waals surface area contributed by atoms with Crippen molar-refractivity contribution in [1.29, 1.82) is 5.26 Å². The molecule has 0 amide bonds. The van der Waals surface area contributed by atoms with E-state index in [9.17, 15) is 0 Å². The van der Waals surface area contributed by atoms with Crippen molar-refractivity contribution in [3.8, 4) is 6.07 Å². The summed E-state index contributed by atoms with van der Waals surface area (Å²) >= 11 is 0. The van der Waals surface area contributed by atoms with Gasteiger partial charge >= 0.3 is 0 Å². The van der Waals surface area contributed by atoms with E-state index >= 15 is 0 Å². The van der Waals surface area contributed by atoms with Crippen LogP contribution in [0.25, 0.3) is 0 Å². The van der Waals surface area contributed by atoms with Crippen LogP contribution >= 0.6 is 0 Å². The molecule has 18 heavy (non-hydrogen) atoms. The van der Waals surface area contributed by atoms with Crippen molar-refractivity contribution in [3.63, 3.8) is 0 Å². The predicted octanol–water partition coefficient (Wildman–Crippen LogP) is 1.61. The van der Waals surface area contributed by atoms with Crippen molar-refractivity contribution in [2.24, 2.45) is 0 Å². The van der Waals surface area contributed by atoms with Crippen molar-refractivity contribution >= 4 is 5.82 Å². The molecule has 0 aliphatic rings. The highest BCUT2D eigenvalue weighted by atomic mass is 16.5. The molecule has 0 aliphatic heterocycles. The fraction of sp³-hybridized carbons (Fsp3) is 0.333. The van der Waals surface area contributed by atoms with Gasteiger partial charge < -0.3 is 9.84 Å². The first kappa shape index (κ1) is 12.0. The van der Waals surface area contributed by atoms with E-state index in [2.05, 4.69) is 26.5 Å². The number of pyridine rings is 1. The zero-order valence-corrected chi connectivity index (χ0v) is 10.3. The number of hydrogen-bond acceptors (Lipinski definition) is 6. The molecular weight excluding hydrogens is 230 g/mol. The van der Waals surface area contributed by atoms with Gasteiger partial charge in [-0.15, -0.1) is 0 Å². The lowest BCUT2D eigenvalue weighted by Gasteiger charge is -2.07. The van der Waals surface area contributed by atoms with Crippen molar-refractivity contribution in [2.75, 3.05) is 11.9 Å². The summed E-state index contributed by atoms with van der Waals surface area (Å²) in [6.07, 6.45) is 2.30. The van der Waals surface area contributed by atoms with Gasteiger partial charge in [-0.05, 0) is 18.6 Å². The third-order valence-corrected chi connectivity index (χ3v) is 2.48. The molecule has 0 saturated heterocycles. The van der Waals surface area contributed by atoms with Crippen LogP contribution in [0.4, 0.5) is 5.82 Å². The fourth-order valence-electron chi connectivity index (χ4n) is 1.57. The Balaban J connectivity index is 1.99. The summed E-state index contributed by atoms with van der Waals surface area (Å²) in [4.78, 5) is 8.25. The van der Waals surface area contributed by atoms with Gasteiger partial charge in [0.25, 0.3) is 0 Å². The molecule has 0 atom stereocenters. The first-order valence-electron chi connectivity index (χ1n) is 5.59. The molecule has 0 fully saturated rings. The molecule has 2 rings (SSSR count). The van der Waals surface area contributed by atoms with Crippen LogP contribution in [0.2, 0.25) is 0 Å². The maximum Gasteiger partial charge on any atom is 0.223 e. The van der Waals surface area contributed by atoms with E-state index in [0.717, 1.165) is 5.56 Å². The second kappa shape index (κ2) is 5.27. The van der Waals surface area contributed by atoms with Crippen molar-refractivity contribution in [3.05, 3.63) is 35.1 Å². The average molecular weight is 243 g/mol. The molecule has 1 N–H and O–H groups in total. The van der Waals surface area contributed by atoms with Crippen LogP contribution < -0.4 is 5.32 Å². The summed E-state index contributed by atoms with van der Waals surface area (Å²) in [6.45, 7) is 4.23. The maximum absolute atomic E-state index is 9.05. The van der Waals surface area contributed by atoms with Crippen LogP contribution in [0.3, 0.4) is 0 Å². The molecule has 6 heteroatoms. The minimum atomic E-state index is 0.552. The number of anilines is 1. The third kappa shape index (κ3) is 2.63. The average Bonchev–Trinajstić information content (AvgIpc) is 2.75. The molecule has 92 valence electrons. The standard InChI is InChI=1S/C12H13N5O/c1-8-3-5-14-12(10(8)7-13)15-6-4-11-16-9(2)18-17-11/h3,5H,4,6H2,1-2H3,(H,14,15). The van der Waals surface area contributed by atoms with Crippen molar-refractivity contribution in [1.82, 2.24) is 15.1 Å². The number of nitriles is 1. The number of aromatic nitrogens is 3. The first-order chi connectivity index (χ1) is 8.70. The summed E-state index contributed by atoms with van der Waals surface area (Å²) in [7, 11) is 0. The lowest BCUT2D eigenvalue weighted by Crippen LogP contribution is -2.09. The molecule has 6 nitrogen and oxygen atoms in total. The van der Waals surface area contributed by atoms with E-state index in [1.807, 2.05) is 13.0 Å². The molecule has 0 unspecified atom stereocenters. The van der Waals surface area contributed by atoms with E-state index in [1.165, 1.54) is 0 Å². The molecule has 0 radical (unpaired) electrons. The van der Waals surface area contributed by atoms with E-state index < -0.39 is 0 Å². The number of rotatable bonds is 4. The molecule has 0 bridgehead atoms. The number of aryl methyl sites for hydroxylation is 2. The first-order valence-corrected chi connectivity index (χ1v) is 5.59. The lowest BCUT2D eigenvalue weighted by molar-refractivity contribution is 0.387. The molecule has 0 aromatic carbocycles. The van der Waals surface area contributed by atoms with Crippen molar-refractivity contribution < 1.29 is 4.52 Å². The number of nitrogens with zero attached hydrogens (tertiary/aromatic N) is 4. The van der Waals surface area contributed by atoms with Gasteiger partial charge in [0.1, 0.15) is 11.9 Å². The predicted molar refractivity (Wildman–Crippen MR) is 64.9 cm³/mol. The summed E-state index contributed by atoms with van der Waals surface area (Å²) in [5, 5.41) is 16.0. The fourth-order valence-corrected chi connectivity index (χ4v) is 1.57. The Labute approximate surface area is 105 Å². The van der Waals surface area contributed by atoms with E-state index in [-0.39, 0.29) is 0 Å². The van der Waals surface area contributed by atoms with Gasteiger partial charge in [-0.25, -0.2) is 4.98 Å². The Morgan fingerprint density at radius 3 is 2.94 bits per heavy atom. The van der Waals surface area contributed by atoms with Gasteiger partial charge in [-0.3, -0.25) is 0 Å². The van der Waals surface area contributed by atoms with Crippen LogP contribution in [-0.2, 0) is 6.42 Å². The Morgan fingerprint density at radius 1 is 1.44 bits per heavy atom. The highest BCUT2D eigenvalue weighted by Crippen LogP contribution is 2.14. The normalized spacial score (nSPS) is 10.1. The van der Waals surface area contributed by atoms with E-state index in [1.54, 1.807) is 13.1 Å². The van der Waals surface area contributed by atoms with E-state index in [0.29, 0.717) is 36.1 Å². The van der Waals surface area contributed by atoms with E-state index in [4.69, 9.17) is 9.78 Å². The van der Waals surface area contributed by atoms with Crippen LogP contribution in [0.5, 0.6) is 0 Å². The Hall–Kier alpha value is -2.42. The summed E-state index contributed by atoms with van der Waals surface area (Å²) in [6, 6.07) is 3.95. The smallest absolute Gasteiger partial charge is 0.223 e. The van der Waals surface area contributed by atoms with Crippen LogP contribution in [0.15, 0.2) is 16.8 Å². The zero-order valence-electron chi connectivity index (χ0n) is 10.3. The molecule has 2 aromatic rings. The van der Waals surface area contributed by atoms with Crippen LogP contribution in [-0.4, -0.2) is 21.7 Å². The Kier molecular flexibility index (Phi) is 3.53. The van der Waals surface area contributed by atoms with Gasteiger partial charge in [-0.2, -0.15) is 10.2 Å². The molecule has 0 saturated carbocycles. The summed E-state index contributed by atoms with van der Waals surface area (Å²) in [5.74, 6) is 1.79. The SMILES string of the molecule is Cc1nc(CCNc2nccc(C)c2C#N)no1. The molecule has 2 heterocycles. The van der Waals surface area contributed by atoms with Gasteiger partial charge in [0.2, 0.25) is 5.89 Å². The second-order valence-corrected chi connectivity index (χ2v) is 3.87. The van der Waals surface area contributed by atoms with Crippen molar-refractivity contribution in [2.45, 2.75) is 20.3 Å². The van der Waals surface area contributed by atoms with Crippen LogP contribution in [0.1, 0.15) is 22.8 Å². The topological polar surface area (TPSA) is 87.6 Å². The second-order valence-electron chi connectivity index (χ2n) is 3.87. The minimum Gasteiger partial charge on any atom is -0.369 e.